The molecule has 11 N–H and O–H groups in total. The number of carboxylic acids is 1. The molecule has 214 valence electrons. The lowest BCUT2D eigenvalue weighted by Gasteiger charge is -2.19. The van der Waals surface area contributed by atoms with Gasteiger partial charge < -0.3 is 47.3 Å². The topological polar surface area (TPSA) is 246 Å². The van der Waals surface area contributed by atoms with Gasteiger partial charge in [-0.05, 0) is 61.1 Å². The number of aromatic hydroxyl groups is 2. The van der Waals surface area contributed by atoms with E-state index in [0.29, 0.717) is 25.8 Å². The number of rotatable bonds is 14. The smallest absolute Gasteiger partial charge is 0.326 e. The number of amides is 2. The summed E-state index contributed by atoms with van der Waals surface area (Å²) in [4.78, 5) is 29.0. The van der Waals surface area contributed by atoms with Crippen molar-refractivity contribution in [3.63, 3.8) is 0 Å². The minimum absolute atomic E-state index is 0.0709. The maximum Gasteiger partial charge on any atom is 0.326 e. The van der Waals surface area contributed by atoms with Crippen LogP contribution in [0, 0.1) is 5.41 Å². The Morgan fingerprint density at radius 2 is 1.55 bits per heavy atom. The molecule has 0 spiro atoms. The maximum absolute atomic E-state index is 12.9. The zero-order valence-electron chi connectivity index (χ0n) is 21.7. The second-order valence-electron chi connectivity index (χ2n) is 9.24. The van der Waals surface area contributed by atoms with Crippen molar-refractivity contribution < 1.29 is 29.4 Å². The van der Waals surface area contributed by atoms with Crippen LogP contribution in [0.15, 0.2) is 53.1 Å². The van der Waals surface area contributed by atoms with Crippen molar-refractivity contribution in [1.82, 2.24) is 26.1 Å². The molecule has 0 aliphatic carbocycles. The van der Waals surface area contributed by atoms with Gasteiger partial charge in [-0.25, -0.2) is 9.59 Å². The van der Waals surface area contributed by atoms with E-state index in [9.17, 15) is 24.9 Å². The number of hydrogen-bond acceptors (Lipinski definition) is 9. The van der Waals surface area contributed by atoms with Gasteiger partial charge in [-0.15, -0.1) is 0 Å². The van der Waals surface area contributed by atoms with Crippen molar-refractivity contribution in [1.29, 1.82) is 5.41 Å². The van der Waals surface area contributed by atoms with Crippen molar-refractivity contribution in [2.24, 2.45) is 11.5 Å². The van der Waals surface area contributed by atoms with Gasteiger partial charge in [-0.2, -0.15) is 4.98 Å². The first-order valence-corrected chi connectivity index (χ1v) is 12.6. The Bertz CT molecular complexity index is 1260. The number of phenols is 2. The van der Waals surface area contributed by atoms with E-state index < -0.39 is 30.1 Å². The molecule has 1 aromatic heterocycles. The highest BCUT2D eigenvalue weighted by Gasteiger charge is 2.26. The number of aromatic nitrogens is 2. The van der Waals surface area contributed by atoms with Gasteiger partial charge in [-0.3, -0.25) is 5.41 Å². The van der Waals surface area contributed by atoms with E-state index in [-0.39, 0.29) is 42.0 Å². The van der Waals surface area contributed by atoms with Crippen LogP contribution >= 0.6 is 0 Å². The minimum atomic E-state index is -1.19. The van der Waals surface area contributed by atoms with Crippen LogP contribution in [0.5, 0.6) is 11.5 Å². The molecule has 0 aliphatic rings. The van der Waals surface area contributed by atoms with E-state index in [4.69, 9.17) is 21.4 Å². The Balaban J connectivity index is 1.69. The highest BCUT2D eigenvalue weighted by atomic mass is 16.5. The number of carboxylic acid groups (broad SMARTS) is 1. The van der Waals surface area contributed by atoms with Gasteiger partial charge in [0.25, 0.3) is 0 Å². The summed E-state index contributed by atoms with van der Waals surface area (Å²) in [5.41, 5.74) is 13.1. The van der Waals surface area contributed by atoms with E-state index in [1.54, 1.807) is 36.4 Å². The van der Waals surface area contributed by atoms with Crippen LogP contribution in [0.4, 0.5) is 4.79 Å². The van der Waals surface area contributed by atoms with E-state index >= 15 is 0 Å². The van der Waals surface area contributed by atoms with Gasteiger partial charge in [0.05, 0.1) is 6.04 Å². The summed E-state index contributed by atoms with van der Waals surface area (Å²) in [7, 11) is 0. The zero-order valence-corrected chi connectivity index (χ0v) is 21.7. The molecule has 2 aromatic carbocycles. The van der Waals surface area contributed by atoms with Crippen molar-refractivity contribution in [3.8, 4) is 11.5 Å². The molecule has 3 rings (SSSR count). The van der Waals surface area contributed by atoms with Gasteiger partial charge in [0.2, 0.25) is 5.89 Å². The van der Waals surface area contributed by atoms with Crippen molar-refractivity contribution in [2.45, 2.75) is 50.2 Å². The summed E-state index contributed by atoms with van der Waals surface area (Å²) < 4.78 is 5.44. The van der Waals surface area contributed by atoms with Gasteiger partial charge in [0.15, 0.2) is 11.8 Å². The Hall–Kier alpha value is -4.85. The van der Waals surface area contributed by atoms with Crippen LogP contribution in [0.3, 0.4) is 0 Å². The molecule has 40 heavy (non-hydrogen) atoms. The van der Waals surface area contributed by atoms with Crippen LogP contribution in [0.1, 0.15) is 54.2 Å². The van der Waals surface area contributed by atoms with Crippen molar-refractivity contribution in [2.75, 3.05) is 6.54 Å². The Morgan fingerprint density at radius 1 is 0.950 bits per heavy atom. The summed E-state index contributed by atoms with van der Waals surface area (Å²) in [6.45, 7) is 0.414. The fraction of sp³-hybridized carbons (Fsp3) is 0.346. The molecule has 0 unspecified atom stereocenters. The molecule has 3 atom stereocenters. The molecule has 14 heteroatoms. The molecule has 2 amide bonds. The maximum atomic E-state index is 12.9. The lowest BCUT2D eigenvalue weighted by Crippen LogP contribution is -2.47. The van der Waals surface area contributed by atoms with Crippen LogP contribution < -0.4 is 27.4 Å². The molecule has 0 fully saturated rings. The minimum Gasteiger partial charge on any atom is -0.508 e. The van der Waals surface area contributed by atoms with Crippen LogP contribution in [-0.2, 0) is 17.6 Å². The molecule has 3 aromatic rings. The first-order valence-electron chi connectivity index (χ1n) is 12.6. The van der Waals surface area contributed by atoms with E-state index in [2.05, 4.69) is 26.1 Å². The lowest BCUT2D eigenvalue weighted by atomic mass is 10.0. The first-order chi connectivity index (χ1) is 19.1. The number of aliphatic carboxylic acids is 1. The number of hydrogen-bond donors (Lipinski definition) is 9. The fourth-order valence-corrected chi connectivity index (χ4v) is 3.90. The normalized spacial score (nSPS) is 13.1. The molecule has 0 bridgehead atoms. The second-order valence-corrected chi connectivity index (χ2v) is 9.24. The molecular weight excluding hydrogens is 520 g/mol. The molecular formula is C26H34N8O6. The summed E-state index contributed by atoms with van der Waals surface area (Å²) in [6, 6.07) is 9.55. The van der Waals surface area contributed by atoms with E-state index in [1.807, 2.05) is 0 Å². The van der Waals surface area contributed by atoms with Crippen molar-refractivity contribution in [3.05, 3.63) is 71.4 Å². The Kier molecular flexibility index (Phi) is 10.7. The number of guanidine groups is 1. The molecule has 0 saturated carbocycles. The standard InChI is InChI=1S/C26H34N8O6/c27-19(13-15-4-8-17(35)9-5-15)22-33-23(40-34-22)21(14-16-6-10-18(36)11-7-16)32-26(39)31-20(24(37)38)3-1-2-12-30-25(28)29/h4-11,19-21,35-36H,1-3,12-14,27H2,(H,37,38)(H4,28,29,30)(H2,31,32,39)/t19-,20-,21-/m0/s1. The SMILES string of the molecule is N=C(N)NCCCC[C@H](NC(=O)N[C@@H](Cc1ccc(O)cc1)c1nc([C@@H](N)Cc2ccc(O)cc2)no1)C(=O)O. The summed E-state index contributed by atoms with van der Waals surface area (Å²) in [6.07, 6.45) is 1.78. The number of carbonyl (C=O) groups is 2. The summed E-state index contributed by atoms with van der Waals surface area (Å²) in [5.74, 6) is -0.863. The third kappa shape index (κ3) is 9.47. The molecule has 14 nitrogen and oxygen atoms in total. The highest BCUT2D eigenvalue weighted by Crippen LogP contribution is 2.22. The fourth-order valence-electron chi connectivity index (χ4n) is 3.90. The van der Waals surface area contributed by atoms with Crippen LogP contribution in [-0.4, -0.2) is 56.0 Å². The monoisotopic (exact) mass is 554 g/mol. The third-order valence-electron chi connectivity index (χ3n) is 6.00. The molecule has 1 heterocycles. The highest BCUT2D eigenvalue weighted by molar-refractivity contribution is 5.82. The van der Waals surface area contributed by atoms with Gasteiger partial charge in [0.1, 0.15) is 23.6 Å². The quantitative estimate of drug-likeness (QED) is 0.0783. The average Bonchev–Trinajstić information content (AvgIpc) is 3.40. The number of carbonyl (C=O) groups excluding carboxylic acids is 1. The van der Waals surface area contributed by atoms with Crippen LogP contribution in [0.25, 0.3) is 0 Å². The predicted octanol–water partition coefficient (Wildman–Crippen LogP) is 1.41. The number of nitrogens with two attached hydrogens (primary N) is 2. The zero-order chi connectivity index (χ0) is 29.1. The van der Waals surface area contributed by atoms with Crippen LogP contribution in [0.2, 0.25) is 0 Å². The van der Waals surface area contributed by atoms with E-state index in [0.717, 1.165) is 11.1 Å². The largest absolute Gasteiger partial charge is 0.508 e. The first kappa shape index (κ1) is 29.7. The van der Waals surface area contributed by atoms with Gasteiger partial charge >= 0.3 is 12.0 Å². The van der Waals surface area contributed by atoms with Gasteiger partial charge in [-0.1, -0.05) is 29.4 Å². The molecule has 0 aliphatic heterocycles. The molecule has 0 radical (unpaired) electrons. The average molecular weight is 555 g/mol. The number of nitrogens with zero attached hydrogens (tertiary/aromatic N) is 2. The van der Waals surface area contributed by atoms with E-state index in [1.165, 1.54) is 12.1 Å². The third-order valence-corrected chi connectivity index (χ3v) is 6.00. The Morgan fingerprint density at radius 3 is 2.12 bits per heavy atom. The van der Waals surface area contributed by atoms with Crippen molar-refractivity contribution >= 4 is 18.0 Å². The number of phenolic OH excluding ortho intramolecular Hbond substituents is 2. The number of nitrogens with one attached hydrogen (secondary N) is 4. The Labute approximate surface area is 230 Å². The summed E-state index contributed by atoms with van der Waals surface area (Å²) in [5, 5.41) is 47.6. The lowest BCUT2D eigenvalue weighted by molar-refractivity contribution is -0.139. The summed E-state index contributed by atoms with van der Waals surface area (Å²) >= 11 is 0. The van der Waals surface area contributed by atoms with Gasteiger partial charge in [0, 0.05) is 13.0 Å². The number of urea groups is 1. The number of unbranched alkanes of at least 4 members (excludes halogenated alkanes) is 1. The predicted molar refractivity (Wildman–Crippen MR) is 144 cm³/mol. The number of benzene rings is 2. The molecule has 0 saturated heterocycles. The second kappa shape index (κ2) is 14.3.